The molecule has 0 radical (unpaired) electrons. The fourth-order valence-corrected chi connectivity index (χ4v) is 1.61. The van der Waals surface area contributed by atoms with E-state index in [2.05, 4.69) is 12.2 Å². The van der Waals surface area contributed by atoms with Gasteiger partial charge in [0.15, 0.2) is 0 Å². The topological polar surface area (TPSA) is 41.5 Å². The van der Waals surface area contributed by atoms with Gasteiger partial charge < -0.3 is 15.2 Å². The first-order valence-corrected chi connectivity index (χ1v) is 5.68. The van der Waals surface area contributed by atoms with E-state index in [0.29, 0.717) is 6.42 Å². The zero-order valence-electron chi connectivity index (χ0n) is 10.3. The van der Waals surface area contributed by atoms with Gasteiger partial charge in [-0.25, -0.2) is 0 Å². The minimum atomic E-state index is -0.809. The fourth-order valence-electron chi connectivity index (χ4n) is 1.61. The molecule has 0 aromatic heterocycles. The van der Waals surface area contributed by atoms with Crippen LogP contribution in [-0.4, -0.2) is 25.3 Å². The van der Waals surface area contributed by atoms with Crippen LogP contribution in [-0.2, 0) is 5.60 Å². The van der Waals surface area contributed by atoms with Crippen LogP contribution < -0.4 is 10.1 Å². The Morgan fingerprint density at radius 2 is 2.19 bits per heavy atom. The summed E-state index contributed by atoms with van der Waals surface area (Å²) >= 11 is 0. The summed E-state index contributed by atoms with van der Waals surface area (Å²) in [6.45, 7) is 5.62. The van der Waals surface area contributed by atoms with E-state index in [1.807, 2.05) is 31.2 Å². The molecular formula is C13H21NO2. The summed E-state index contributed by atoms with van der Waals surface area (Å²) < 4.78 is 5.15. The van der Waals surface area contributed by atoms with Crippen LogP contribution in [0.5, 0.6) is 5.75 Å². The first-order chi connectivity index (χ1) is 7.60. The minimum absolute atomic E-state index is 0.688. The largest absolute Gasteiger partial charge is 0.497 e. The average molecular weight is 223 g/mol. The van der Waals surface area contributed by atoms with E-state index in [1.54, 1.807) is 7.11 Å². The Hall–Kier alpha value is -1.06. The van der Waals surface area contributed by atoms with E-state index in [9.17, 15) is 5.11 Å². The number of rotatable bonds is 6. The van der Waals surface area contributed by atoms with Crippen molar-refractivity contribution in [1.29, 1.82) is 0 Å². The second-order valence-electron chi connectivity index (χ2n) is 4.11. The molecule has 3 heteroatoms. The number of ether oxygens (including phenoxy) is 1. The Morgan fingerprint density at radius 3 is 2.81 bits per heavy atom. The zero-order valence-corrected chi connectivity index (χ0v) is 10.3. The van der Waals surface area contributed by atoms with Gasteiger partial charge in [-0.1, -0.05) is 19.1 Å². The molecule has 0 bridgehead atoms. The van der Waals surface area contributed by atoms with E-state index >= 15 is 0 Å². The van der Waals surface area contributed by atoms with Crippen molar-refractivity contribution in [2.45, 2.75) is 25.9 Å². The first-order valence-electron chi connectivity index (χ1n) is 5.68. The zero-order chi connectivity index (χ0) is 12.0. The van der Waals surface area contributed by atoms with E-state index < -0.39 is 5.60 Å². The summed E-state index contributed by atoms with van der Waals surface area (Å²) in [7, 11) is 1.63. The molecule has 0 fully saturated rings. The van der Waals surface area contributed by atoms with Crippen LogP contribution in [0.25, 0.3) is 0 Å². The molecule has 0 heterocycles. The van der Waals surface area contributed by atoms with Gasteiger partial charge in [0.05, 0.1) is 12.7 Å². The standard InChI is InChI=1S/C13H21NO2/c1-4-14-9-8-13(2,15)11-6-5-7-12(10-11)16-3/h5-7,10,14-15H,4,8-9H2,1-3H3. The number of methoxy groups -OCH3 is 1. The monoisotopic (exact) mass is 223 g/mol. The Morgan fingerprint density at radius 1 is 1.44 bits per heavy atom. The molecule has 1 aromatic carbocycles. The van der Waals surface area contributed by atoms with Crippen LogP contribution in [0.2, 0.25) is 0 Å². The van der Waals surface area contributed by atoms with Crippen molar-refractivity contribution in [3.05, 3.63) is 29.8 Å². The van der Waals surface area contributed by atoms with Crippen molar-refractivity contribution >= 4 is 0 Å². The summed E-state index contributed by atoms with van der Waals surface area (Å²) in [6.07, 6.45) is 0.688. The van der Waals surface area contributed by atoms with E-state index in [1.165, 1.54) is 0 Å². The molecule has 1 aromatic rings. The SMILES string of the molecule is CCNCCC(C)(O)c1cccc(OC)c1. The second kappa shape index (κ2) is 5.87. The second-order valence-corrected chi connectivity index (χ2v) is 4.11. The summed E-state index contributed by atoms with van der Waals surface area (Å²) in [4.78, 5) is 0. The highest BCUT2D eigenvalue weighted by atomic mass is 16.5. The molecule has 90 valence electrons. The Kier molecular flexibility index (Phi) is 4.77. The smallest absolute Gasteiger partial charge is 0.119 e. The molecule has 0 amide bonds. The Bertz CT molecular complexity index is 323. The molecule has 0 saturated heterocycles. The molecule has 1 rings (SSSR count). The van der Waals surface area contributed by atoms with Crippen molar-refractivity contribution < 1.29 is 9.84 Å². The predicted octanol–water partition coefficient (Wildman–Crippen LogP) is 1.90. The highest BCUT2D eigenvalue weighted by Crippen LogP contribution is 2.26. The maximum Gasteiger partial charge on any atom is 0.119 e. The third-order valence-electron chi connectivity index (χ3n) is 2.73. The number of hydrogen-bond donors (Lipinski definition) is 2. The van der Waals surface area contributed by atoms with E-state index in [0.717, 1.165) is 24.4 Å². The van der Waals surface area contributed by atoms with Crippen LogP contribution in [0.15, 0.2) is 24.3 Å². The predicted molar refractivity (Wildman–Crippen MR) is 65.7 cm³/mol. The Labute approximate surface area is 97.4 Å². The molecular weight excluding hydrogens is 202 g/mol. The molecule has 0 aliphatic carbocycles. The molecule has 0 spiro atoms. The van der Waals surface area contributed by atoms with Gasteiger partial charge in [-0.15, -0.1) is 0 Å². The van der Waals surface area contributed by atoms with Crippen molar-refractivity contribution in [1.82, 2.24) is 5.32 Å². The summed E-state index contributed by atoms with van der Waals surface area (Å²) in [5.41, 5.74) is 0.0845. The van der Waals surface area contributed by atoms with Crippen LogP contribution in [0, 0.1) is 0 Å². The van der Waals surface area contributed by atoms with E-state index in [-0.39, 0.29) is 0 Å². The van der Waals surface area contributed by atoms with Crippen LogP contribution in [0.1, 0.15) is 25.8 Å². The number of benzene rings is 1. The summed E-state index contributed by atoms with van der Waals surface area (Å²) in [5.74, 6) is 0.779. The van der Waals surface area contributed by atoms with Crippen LogP contribution in [0.3, 0.4) is 0 Å². The number of hydrogen-bond acceptors (Lipinski definition) is 3. The highest BCUT2D eigenvalue weighted by Gasteiger charge is 2.22. The van der Waals surface area contributed by atoms with Crippen LogP contribution in [0.4, 0.5) is 0 Å². The summed E-state index contributed by atoms with van der Waals surface area (Å²) in [6, 6.07) is 7.58. The molecule has 0 saturated carbocycles. The lowest BCUT2D eigenvalue weighted by molar-refractivity contribution is 0.0479. The van der Waals surface area contributed by atoms with Gasteiger partial charge in [-0.2, -0.15) is 0 Å². The quantitative estimate of drug-likeness (QED) is 0.724. The maximum atomic E-state index is 10.3. The molecule has 2 N–H and O–H groups in total. The van der Waals surface area contributed by atoms with Crippen molar-refractivity contribution in [3.8, 4) is 5.75 Å². The third-order valence-corrected chi connectivity index (χ3v) is 2.73. The first kappa shape index (κ1) is 13.0. The van der Waals surface area contributed by atoms with E-state index in [4.69, 9.17) is 4.74 Å². The van der Waals surface area contributed by atoms with Gasteiger partial charge >= 0.3 is 0 Å². The molecule has 1 unspecified atom stereocenters. The van der Waals surface area contributed by atoms with Gasteiger partial charge in [-0.05, 0) is 44.1 Å². The van der Waals surface area contributed by atoms with Gasteiger partial charge in [-0.3, -0.25) is 0 Å². The third kappa shape index (κ3) is 3.51. The minimum Gasteiger partial charge on any atom is -0.497 e. The number of nitrogens with one attached hydrogen (secondary N) is 1. The van der Waals surface area contributed by atoms with Gasteiger partial charge in [0.1, 0.15) is 5.75 Å². The molecule has 1 atom stereocenters. The molecule has 16 heavy (non-hydrogen) atoms. The lowest BCUT2D eigenvalue weighted by atomic mass is 9.92. The maximum absolute atomic E-state index is 10.3. The molecule has 0 aliphatic rings. The van der Waals surface area contributed by atoms with Gasteiger partial charge in [0, 0.05) is 0 Å². The Balaban J connectivity index is 2.72. The van der Waals surface area contributed by atoms with Gasteiger partial charge in [0.2, 0.25) is 0 Å². The van der Waals surface area contributed by atoms with Crippen molar-refractivity contribution in [2.24, 2.45) is 0 Å². The molecule has 0 aliphatic heterocycles. The average Bonchev–Trinajstić information content (AvgIpc) is 2.29. The highest BCUT2D eigenvalue weighted by molar-refractivity contribution is 5.31. The molecule has 3 nitrogen and oxygen atoms in total. The lowest BCUT2D eigenvalue weighted by Gasteiger charge is -2.24. The lowest BCUT2D eigenvalue weighted by Crippen LogP contribution is -2.27. The fraction of sp³-hybridized carbons (Fsp3) is 0.538. The van der Waals surface area contributed by atoms with Crippen molar-refractivity contribution in [3.63, 3.8) is 0 Å². The van der Waals surface area contributed by atoms with Gasteiger partial charge in [0.25, 0.3) is 0 Å². The van der Waals surface area contributed by atoms with Crippen molar-refractivity contribution in [2.75, 3.05) is 20.2 Å². The van der Waals surface area contributed by atoms with Crippen LogP contribution >= 0.6 is 0 Å². The summed E-state index contributed by atoms with van der Waals surface area (Å²) in [5, 5.41) is 13.5. The number of aliphatic hydroxyl groups is 1. The normalized spacial score (nSPS) is 14.5.